The molecule has 1 atom stereocenters. The van der Waals surface area contributed by atoms with Gasteiger partial charge in [-0.25, -0.2) is 0 Å². The zero-order valence-electron chi connectivity index (χ0n) is 15.3. The summed E-state index contributed by atoms with van der Waals surface area (Å²) >= 11 is 12.1. The van der Waals surface area contributed by atoms with Crippen LogP contribution in [0.2, 0.25) is 10.0 Å². The molecule has 3 aromatic carbocycles. The van der Waals surface area contributed by atoms with Crippen LogP contribution in [0, 0.1) is 0 Å². The number of benzene rings is 3. The zero-order valence-corrected chi connectivity index (χ0v) is 16.9. The molecule has 2 N–H and O–H groups in total. The molecule has 4 rings (SSSR count). The fourth-order valence-electron chi connectivity index (χ4n) is 3.29. The number of rotatable bonds is 4. The summed E-state index contributed by atoms with van der Waals surface area (Å²) in [6, 6.07) is 22.7. The molecule has 1 aliphatic rings. The standard InChI is InChI=1S/C23H18Cl2N2O2/c24-19-11-10-18(13-20(19)25)22-14-27(29)23(28)21(26-22)12-15-6-8-17(9-7-15)16-4-2-1-3-5-16/h1-11,13-14,21,26,29H,12H2. The molecule has 6 heteroatoms. The number of nitrogens with one attached hydrogen (secondary N) is 1. The van der Waals surface area contributed by atoms with Crippen molar-refractivity contribution in [3.8, 4) is 11.1 Å². The van der Waals surface area contributed by atoms with Crippen LogP contribution in [0.5, 0.6) is 0 Å². The molecular formula is C23H18Cl2N2O2. The smallest absolute Gasteiger partial charge is 0.272 e. The van der Waals surface area contributed by atoms with Crippen LogP contribution in [0.4, 0.5) is 0 Å². The second kappa shape index (κ2) is 8.29. The second-order valence-corrected chi connectivity index (χ2v) is 7.63. The van der Waals surface area contributed by atoms with Gasteiger partial charge >= 0.3 is 0 Å². The Morgan fingerprint density at radius 1 is 0.862 bits per heavy atom. The van der Waals surface area contributed by atoms with Crippen LogP contribution < -0.4 is 5.32 Å². The predicted octanol–water partition coefficient (Wildman–Crippen LogP) is 5.39. The van der Waals surface area contributed by atoms with Crippen molar-refractivity contribution in [2.75, 3.05) is 0 Å². The van der Waals surface area contributed by atoms with Gasteiger partial charge in [0.1, 0.15) is 6.04 Å². The normalized spacial score (nSPS) is 16.4. The average Bonchev–Trinajstić information content (AvgIpc) is 2.74. The van der Waals surface area contributed by atoms with Crippen molar-refractivity contribution in [2.24, 2.45) is 0 Å². The lowest BCUT2D eigenvalue weighted by atomic mass is 9.99. The Bertz CT molecular complexity index is 1070. The van der Waals surface area contributed by atoms with Crippen LogP contribution >= 0.6 is 23.2 Å². The Balaban J connectivity index is 1.53. The molecule has 0 aromatic heterocycles. The third-order valence-electron chi connectivity index (χ3n) is 4.84. The highest BCUT2D eigenvalue weighted by molar-refractivity contribution is 6.42. The zero-order chi connectivity index (χ0) is 20.4. The highest BCUT2D eigenvalue weighted by Gasteiger charge is 2.29. The van der Waals surface area contributed by atoms with Crippen molar-refractivity contribution in [1.29, 1.82) is 0 Å². The number of carbonyl (C=O) groups is 1. The highest BCUT2D eigenvalue weighted by Crippen LogP contribution is 2.27. The minimum atomic E-state index is -0.600. The summed E-state index contributed by atoms with van der Waals surface area (Å²) in [6.45, 7) is 0. The van der Waals surface area contributed by atoms with E-state index in [0.29, 0.717) is 27.2 Å². The Morgan fingerprint density at radius 3 is 2.21 bits per heavy atom. The van der Waals surface area contributed by atoms with E-state index in [1.54, 1.807) is 18.2 Å². The van der Waals surface area contributed by atoms with Crippen LogP contribution in [0.25, 0.3) is 16.8 Å². The van der Waals surface area contributed by atoms with Crippen LogP contribution in [0.15, 0.2) is 79.0 Å². The number of nitrogens with zero attached hydrogens (tertiary/aromatic N) is 1. The number of hydroxylamine groups is 2. The van der Waals surface area contributed by atoms with E-state index in [9.17, 15) is 10.0 Å². The van der Waals surface area contributed by atoms with Crippen molar-refractivity contribution in [2.45, 2.75) is 12.5 Å². The molecule has 1 heterocycles. The molecule has 0 saturated heterocycles. The van der Waals surface area contributed by atoms with E-state index in [1.165, 1.54) is 6.20 Å². The van der Waals surface area contributed by atoms with Gasteiger partial charge < -0.3 is 5.32 Å². The number of halogens is 2. The maximum absolute atomic E-state index is 12.4. The van der Waals surface area contributed by atoms with Gasteiger partial charge in [0.25, 0.3) is 5.91 Å². The summed E-state index contributed by atoms with van der Waals surface area (Å²) in [7, 11) is 0. The lowest BCUT2D eigenvalue weighted by molar-refractivity contribution is -0.157. The van der Waals surface area contributed by atoms with Gasteiger partial charge in [-0.1, -0.05) is 83.9 Å². The van der Waals surface area contributed by atoms with Crippen LogP contribution in [0.3, 0.4) is 0 Å². The Morgan fingerprint density at radius 2 is 1.52 bits per heavy atom. The van der Waals surface area contributed by atoms with Crippen molar-refractivity contribution in [1.82, 2.24) is 10.4 Å². The summed E-state index contributed by atoms with van der Waals surface area (Å²) in [5, 5.41) is 14.8. The number of carbonyl (C=O) groups excluding carboxylic acids is 1. The second-order valence-electron chi connectivity index (χ2n) is 6.82. The number of hydrogen-bond donors (Lipinski definition) is 2. The fraction of sp³-hybridized carbons (Fsp3) is 0.0870. The van der Waals surface area contributed by atoms with E-state index >= 15 is 0 Å². The maximum Gasteiger partial charge on any atom is 0.272 e. The van der Waals surface area contributed by atoms with Gasteiger partial charge in [-0.3, -0.25) is 10.0 Å². The molecule has 0 fully saturated rings. The minimum absolute atomic E-state index is 0.404. The van der Waals surface area contributed by atoms with Gasteiger partial charge in [-0.2, -0.15) is 5.06 Å². The Labute approximate surface area is 179 Å². The molecule has 0 saturated carbocycles. The molecule has 29 heavy (non-hydrogen) atoms. The summed E-state index contributed by atoms with van der Waals surface area (Å²) < 4.78 is 0. The molecule has 4 nitrogen and oxygen atoms in total. The molecule has 1 unspecified atom stereocenters. The van der Waals surface area contributed by atoms with Gasteiger partial charge in [0.15, 0.2) is 0 Å². The van der Waals surface area contributed by atoms with Gasteiger partial charge in [0.05, 0.1) is 21.9 Å². The predicted molar refractivity (Wildman–Crippen MR) is 116 cm³/mol. The third-order valence-corrected chi connectivity index (χ3v) is 5.58. The van der Waals surface area contributed by atoms with Crippen molar-refractivity contribution < 1.29 is 10.0 Å². The molecule has 1 amide bonds. The van der Waals surface area contributed by atoms with E-state index < -0.39 is 11.9 Å². The first-order valence-corrected chi connectivity index (χ1v) is 9.87. The van der Waals surface area contributed by atoms with Gasteiger partial charge in [0.2, 0.25) is 0 Å². The van der Waals surface area contributed by atoms with E-state index in [0.717, 1.165) is 22.3 Å². The first kappa shape index (κ1) is 19.5. The van der Waals surface area contributed by atoms with E-state index in [2.05, 4.69) is 17.4 Å². The summed E-state index contributed by atoms with van der Waals surface area (Å²) in [6.07, 6.45) is 1.78. The van der Waals surface area contributed by atoms with E-state index in [1.807, 2.05) is 42.5 Å². The Kier molecular flexibility index (Phi) is 5.58. The van der Waals surface area contributed by atoms with Gasteiger partial charge in [-0.05, 0) is 28.8 Å². The number of amides is 1. The summed E-state index contributed by atoms with van der Waals surface area (Å²) in [4.78, 5) is 12.4. The molecule has 0 radical (unpaired) electrons. The maximum atomic E-state index is 12.4. The highest BCUT2D eigenvalue weighted by atomic mass is 35.5. The van der Waals surface area contributed by atoms with Crippen molar-refractivity contribution in [3.05, 3.63) is 100 Å². The van der Waals surface area contributed by atoms with Crippen LogP contribution in [-0.4, -0.2) is 22.2 Å². The first-order chi connectivity index (χ1) is 14.0. The summed E-state index contributed by atoms with van der Waals surface area (Å²) in [5.74, 6) is -0.416. The first-order valence-electron chi connectivity index (χ1n) is 9.11. The monoisotopic (exact) mass is 424 g/mol. The largest absolute Gasteiger partial charge is 0.372 e. The van der Waals surface area contributed by atoms with Crippen molar-refractivity contribution >= 4 is 34.8 Å². The molecule has 3 aromatic rings. The molecule has 0 aliphatic carbocycles. The topological polar surface area (TPSA) is 52.6 Å². The lowest BCUT2D eigenvalue weighted by Gasteiger charge is -2.29. The SMILES string of the molecule is O=C1C(Cc2ccc(-c3ccccc3)cc2)NC(c2ccc(Cl)c(Cl)c2)=CN1O. The van der Waals surface area contributed by atoms with Gasteiger partial charge in [0, 0.05) is 12.0 Å². The third kappa shape index (κ3) is 4.30. The molecule has 0 bridgehead atoms. The van der Waals surface area contributed by atoms with Gasteiger partial charge in [-0.15, -0.1) is 0 Å². The minimum Gasteiger partial charge on any atom is -0.372 e. The van der Waals surface area contributed by atoms with E-state index in [4.69, 9.17) is 23.2 Å². The van der Waals surface area contributed by atoms with Crippen LogP contribution in [0.1, 0.15) is 11.1 Å². The molecule has 146 valence electrons. The van der Waals surface area contributed by atoms with Crippen molar-refractivity contribution in [3.63, 3.8) is 0 Å². The Hall–Kier alpha value is -2.79. The quantitative estimate of drug-likeness (QED) is 0.551. The average molecular weight is 425 g/mol. The number of hydrogen-bond acceptors (Lipinski definition) is 3. The lowest BCUT2D eigenvalue weighted by Crippen LogP contribution is -2.48. The fourth-order valence-corrected chi connectivity index (χ4v) is 3.59. The summed E-state index contributed by atoms with van der Waals surface area (Å²) in [5.41, 5.74) is 4.56. The molecule has 0 spiro atoms. The molecule has 1 aliphatic heterocycles. The molecular weight excluding hydrogens is 407 g/mol. The van der Waals surface area contributed by atoms with Crippen LogP contribution in [-0.2, 0) is 11.2 Å². The van der Waals surface area contributed by atoms with E-state index in [-0.39, 0.29) is 0 Å².